The molecule has 0 unspecified atom stereocenters. The van der Waals surface area contributed by atoms with Crippen molar-refractivity contribution in [1.82, 2.24) is 10.2 Å². The molecule has 0 aromatic rings. The Morgan fingerprint density at radius 2 is 2.35 bits per heavy atom. The number of allylic oxidation sites excluding steroid dienone is 2. The molecule has 3 heterocycles. The van der Waals surface area contributed by atoms with Crippen LogP contribution in [-0.2, 0) is 19.1 Å². The Labute approximate surface area is 134 Å². The molecule has 0 saturated heterocycles. The second-order valence-electron chi connectivity index (χ2n) is 5.30. The van der Waals surface area contributed by atoms with E-state index in [1.165, 1.54) is 0 Å². The lowest BCUT2D eigenvalue weighted by atomic mass is 10.1. The predicted molar refractivity (Wildman–Crippen MR) is 83.0 cm³/mol. The van der Waals surface area contributed by atoms with Crippen molar-refractivity contribution in [3.8, 4) is 0 Å². The lowest BCUT2D eigenvalue weighted by Crippen LogP contribution is -2.33. The highest BCUT2D eigenvalue weighted by molar-refractivity contribution is 6.05. The molecule has 7 heteroatoms. The molecule has 0 bridgehead atoms. The third-order valence-corrected chi connectivity index (χ3v) is 3.67. The second-order valence-corrected chi connectivity index (χ2v) is 5.30. The number of aliphatic imine (C=N–C) groups is 1. The Bertz CT molecular complexity index is 646. The summed E-state index contributed by atoms with van der Waals surface area (Å²) < 4.78 is 10.6. The number of rotatable bonds is 6. The molecule has 3 aliphatic rings. The first-order valence-electron chi connectivity index (χ1n) is 7.72. The van der Waals surface area contributed by atoms with Crippen LogP contribution in [0.25, 0.3) is 0 Å². The molecule has 3 rings (SSSR count). The van der Waals surface area contributed by atoms with Gasteiger partial charge in [0.05, 0.1) is 25.5 Å². The van der Waals surface area contributed by atoms with Crippen LogP contribution in [0.4, 0.5) is 0 Å². The van der Waals surface area contributed by atoms with Gasteiger partial charge in [-0.05, 0) is 13.3 Å². The summed E-state index contributed by atoms with van der Waals surface area (Å²) in [6, 6.07) is 0. The van der Waals surface area contributed by atoms with Gasteiger partial charge in [-0.15, -0.1) is 0 Å². The summed E-state index contributed by atoms with van der Waals surface area (Å²) in [6.07, 6.45) is 6.61. The van der Waals surface area contributed by atoms with E-state index in [9.17, 15) is 9.59 Å². The van der Waals surface area contributed by atoms with Gasteiger partial charge in [0.2, 0.25) is 0 Å². The molecule has 1 N–H and O–H groups in total. The minimum Gasteiger partial charge on any atom is -0.496 e. The number of Topliss-reactive ketones (excluding diaryl/α,β-unsaturated/α-hetero) is 1. The van der Waals surface area contributed by atoms with Gasteiger partial charge in [0, 0.05) is 31.3 Å². The Kier molecular flexibility index (Phi) is 4.45. The van der Waals surface area contributed by atoms with Crippen LogP contribution < -0.4 is 5.32 Å². The SMILES string of the molecule is CCOC(=O)CCCOC1=CC2=CNC3=C(N=CCC3=O)N2C1. The van der Waals surface area contributed by atoms with Gasteiger partial charge < -0.3 is 19.7 Å². The Hall–Kier alpha value is -2.57. The number of nitrogens with zero attached hydrogens (tertiary/aromatic N) is 2. The van der Waals surface area contributed by atoms with Crippen molar-refractivity contribution in [3.63, 3.8) is 0 Å². The van der Waals surface area contributed by atoms with Gasteiger partial charge in [-0.1, -0.05) is 0 Å². The van der Waals surface area contributed by atoms with Crippen molar-refractivity contribution in [2.24, 2.45) is 4.99 Å². The molecular weight excluding hydrogens is 298 g/mol. The van der Waals surface area contributed by atoms with Crippen molar-refractivity contribution in [2.75, 3.05) is 19.8 Å². The zero-order chi connectivity index (χ0) is 16.2. The van der Waals surface area contributed by atoms with Gasteiger partial charge in [0.1, 0.15) is 11.5 Å². The fourth-order valence-electron chi connectivity index (χ4n) is 2.59. The average molecular weight is 317 g/mol. The van der Waals surface area contributed by atoms with Crippen molar-refractivity contribution < 1.29 is 19.1 Å². The highest BCUT2D eigenvalue weighted by atomic mass is 16.5. The van der Waals surface area contributed by atoms with Crippen molar-refractivity contribution >= 4 is 18.0 Å². The van der Waals surface area contributed by atoms with E-state index < -0.39 is 0 Å². The van der Waals surface area contributed by atoms with Crippen LogP contribution >= 0.6 is 0 Å². The van der Waals surface area contributed by atoms with E-state index in [4.69, 9.17) is 9.47 Å². The highest BCUT2D eigenvalue weighted by Crippen LogP contribution is 2.31. The first-order chi connectivity index (χ1) is 11.2. The first kappa shape index (κ1) is 15.3. The van der Waals surface area contributed by atoms with E-state index in [0.29, 0.717) is 50.5 Å². The number of esters is 1. The molecule has 0 radical (unpaired) electrons. The zero-order valence-corrected chi connectivity index (χ0v) is 13.0. The van der Waals surface area contributed by atoms with E-state index in [1.807, 2.05) is 11.0 Å². The average Bonchev–Trinajstić information content (AvgIpc) is 2.95. The molecule has 3 aliphatic heterocycles. The summed E-state index contributed by atoms with van der Waals surface area (Å²) in [5.41, 5.74) is 1.45. The maximum atomic E-state index is 11.9. The fraction of sp³-hybridized carbons (Fsp3) is 0.438. The van der Waals surface area contributed by atoms with Gasteiger partial charge in [0.25, 0.3) is 0 Å². The third-order valence-electron chi connectivity index (χ3n) is 3.67. The van der Waals surface area contributed by atoms with Gasteiger partial charge in [0.15, 0.2) is 11.6 Å². The molecule has 0 amide bonds. The van der Waals surface area contributed by atoms with E-state index in [1.54, 1.807) is 19.3 Å². The molecular formula is C16H19N3O4. The van der Waals surface area contributed by atoms with Crippen LogP contribution in [0.3, 0.4) is 0 Å². The smallest absolute Gasteiger partial charge is 0.305 e. The quantitative estimate of drug-likeness (QED) is 0.586. The fourth-order valence-corrected chi connectivity index (χ4v) is 2.59. The molecule has 0 aromatic carbocycles. The second kappa shape index (κ2) is 6.68. The lowest BCUT2D eigenvalue weighted by molar-refractivity contribution is -0.143. The van der Waals surface area contributed by atoms with Gasteiger partial charge >= 0.3 is 5.97 Å². The number of ether oxygens (including phenoxy) is 2. The van der Waals surface area contributed by atoms with Crippen LogP contribution in [0.1, 0.15) is 26.2 Å². The topological polar surface area (TPSA) is 80.2 Å². The van der Waals surface area contributed by atoms with Crippen LogP contribution in [-0.4, -0.2) is 42.6 Å². The maximum absolute atomic E-state index is 11.9. The van der Waals surface area contributed by atoms with E-state index >= 15 is 0 Å². The monoisotopic (exact) mass is 317 g/mol. The van der Waals surface area contributed by atoms with E-state index in [0.717, 1.165) is 11.5 Å². The molecule has 0 aliphatic carbocycles. The Balaban J connectivity index is 1.53. The molecule has 23 heavy (non-hydrogen) atoms. The minimum atomic E-state index is -0.203. The highest BCUT2D eigenvalue weighted by Gasteiger charge is 2.31. The first-order valence-corrected chi connectivity index (χ1v) is 7.72. The molecule has 0 fully saturated rings. The number of hydrogen-bond donors (Lipinski definition) is 1. The number of nitrogens with one attached hydrogen (secondary N) is 1. The largest absolute Gasteiger partial charge is 0.496 e. The standard InChI is InChI=1S/C16H19N3O4/c1-2-22-14(21)4-3-7-23-12-8-11-9-18-15-13(20)5-6-17-16(15)19(11)10-12/h6,8-9,18H,2-5,7,10H2,1H3. The summed E-state index contributed by atoms with van der Waals surface area (Å²) in [6.45, 7) is 3.18. The van der Waals surface area contributed by atoms with Crippen LogP contribution in [0.5, 0.6) is 0 Å². The molecule has 0 spiro atoms. The molecule has 0 aromatic heterocycles. The number of fused-ring (bicyclic) bond motifs is 2. The molecule has 0 saturated carbocycles. The van der Waals surface area contributed by atoms with Gasteiger partial charge in [-0.25, -0.2) is 4.99 Å². The lowest BCUT2D eigenvalue weighted by Gasteiger charge is -2.28. The summed E-state index contributed by atoms with van der Waals surface area (Å²) in [5, 5.41) is 3.01. The van der Waals surface area contributed by atoms with Crippen LogP contribution in [0.15, 0.2) is 40.2 Å². The minimum absolute atomic E-state index is 0.0362. The molecule has 7 nitrogen and oxygen atoms in total. The maximum Gasteiger partial charge on any atom is 0.305 e. The van der Waals surface area contributed by atoms with Crippen molar-refractivity contribution in [3.05, 3.63) is 35.3 Å². The summed E-state index contributed by atoms with van der Waals surface area (Å²) in [5.74, 6) is 1.27. The number of ketones is 1. The summed E-state index contributed by atoms with van der Waals surface area (Å²) in [4.78, 5) is 29.4. The normalized spacial score (nSPS) is 18.8. The zero-order valence-electron chi connectivity index (χ0n) is 13.0. The van der Waals surface area contributed by atoms with Gasteiger partial charge in [-0.3, -0.25) is 9.59 Å². The summed E-state index contributed by atoms with van der Waals surface area (Å²) in [7, 11) is 0. The van der Waals surface area contributed by atoms with Gasteiger partial charge in [-0.2, -0.15) is 0 Å². The number of hydrogen-bond acceptors (Lipinski definition) is 7. The third kappa shape index (κ3) is 3.28. The number of carbonyl (C=O) groups is 2. The van der Waals surface area contributed by atoms with Crippen LogP contribution in [0.2, 0.25) is 0 Å². The number of carbonyl (C=O) groups excluding carboxylic acids is 2. The van der Waals surface area contributed by atoms with E-state index in [-0.39, 0.29) is 11.8 Å². The molecule has 0 atom stereocenters. The predicted octanol–water partition coefficient (Wildman–Crippen LogP) is 1.20. The van der Waals surface area contributed by atoms with E-state index in [2.05, 4.69) is 10.3 Å². The Morgan fingerprint density at radius 3 is 3.17 bits per heavy atom. The summed E-state index contributed by atoms with van der Waals surface area (Å²) >= 11 is 0. The Morgan fingerprint density at radius 1 is 1.48 bits per heavy atom. The van der Waals surface area contributed by atoms with Crippen molar-refractivity contribution in [2.45, 2.75) is 26.2 Å². The van der Waals surface area contributed by atoms with Crippen molar-refractivity contribution in [1.29, 1.82) is 0 Å². The van der Waals surface area contributed by atoms with Crippen LogP contribution in [0, 0.1) is 0 Å². The molecule has 122 valence electrons.